The van der Waals surface area contributed by atoms with Gasteiger partial charge in [-0.2, -0.15) is 0 Å². The molecular weight excluding hydrogens is 574 g/mol. The van der Waals surface area contributed by atoms with Crippen molar-refractivity contribution < 1.29 is 22.7 Å². The second kappa shape index (κ2) is 13.6. The van der Waals surface area contributed by atoms with Crippen LogP contribution in [0.3, 0.4) is 0 Å². The topological polar surface area (TPSA) is 96.0 Å². The molecule has 0 aromatic heterocycles. The first-order chi connectivity index (χ1) is 19.7. The second-order valence-corrected chi connectivity index (χ2v) is 13.6. The summed E-state index contributed by atoms with van der Waals surface area (Å²) in [4.78, 5) is 29.2. The maximum atomic E-state index is 14.3. The zero-order valence-corrected chi connectivity index (χ0v) is 26.8. The Morgan fingerprint density at radius 2 is 1.67 bits per heavy atom. The number of carbonyl (C=O) groups excluding carboxylic acids is 2. The van der Waals surface area contributed by atoms with Gasteiger partial charge in [-0.1, -0.05) is 54.4 Å². The smallest absolute Gasteiger partial charge is 0.264 e. The number of carbonyl (C=O) groups is 2. The molecule has 2 amide bonds. The number of amides is 2. The average molecular weight is 614 g/mol. The average Bonchev–Trinajstić information content (AvgIpc) is 2.92. The molecule has 3 aromatic rings. The van der Waals surface area contributed by atoms with Crippen molar-refractivity contribution >= 4 is 39.1 Å². The summed E-state index contributed by atoms with van der Waals surface area (Å²) in [6, 6.07) is 17.7. The highest BCUT2D eigenvalue weighted by atomic mass is 35.5. The van der Waals surface area contributed by atoms with E-state index in [1.165, 1.54) is 23.1 Å². The Bertz CT molecular complexity index is 1520. The zero-order chi connectivity index (χ0) is 31.2. The van der Waals surface area contributed by atoms with Crippen molar-refractivity contribution in [2.45, 2.75) is 71.0 Å². The SMILES string of the molecule is CCC(C(=O)NC(C)(C)C)N(Cc1cccc(OC)c1)C(=O)CN(c1cc(Cl)ccc1C)S(=O)(=O)c1ccc(C)cc1. The van der Waals surface area contributed by atoms with E-state index in [-0.39, 0.29) is 23.0 Å². The fraction of sp³-hybridized carbons (Fsp3) is 0.375. The first kappa shape index (κ1) is 32.9. The molecular formula is C32H40ClN3O5S. The van der Waals surface area contributed by atoms with Crippen LogP contribution < -0.4 is 14.4 Å². The summed E-state index contributed by atoms with van der Waals surface area (Å²) in [6.45, 7) is 10.6. The van der Waals surface area contributed by atoms with Gasteiger partial charge in [0.2, 0.25) is 11.8 Å². The van der Waals surface area contributed by atoms with Gasteiger partial charge in [-0.3, -0.25) is 13.9 Å². The van der Waals surface area contributed by atoms with Gasteiger partial charge in [0, 0.05) is 17.1 Å². The number of aryl methyl sites for hydroxylation is 2. The number of benzene rings is 3. The molecule has 226 valence electrons. The van der Waals surface area contributed by atoms with Crippen LogP contribution in [0, 0.1) is 13.8 Å². The van der Waals surface area contributed by atoms with Gasteiger partial charge in [-0.05, 0) is 88.6 Å². The van der Waals surface area contributed by atoms with E-state index in [0.717, 1.165) is 15.4 Å². The molecule has 0 aliphatic rings. The molecule has 0 spiro atoms. The van der Waals surface area contributed by atoms with Gasteiger partial charge >= 0.3 is 0 Å². The van der Waals surface area contributed by atoms with Crippen LogP contribution in [0.1, 0.15) is 50.8 Å². The van der Waals surface area contributed by atoms with E-state index in [0.29, 0.717) is 22.8 Å². The normalized spacial score (nSPS) is 12.4. The molecule has 42 heavy (non-hydrogen) atoms. The molecule has 0 saturated heterocycles. The van der Waals surface area contributed by atoms with Crippen LogP contribution in [0.4, 0.5) is 5.69 Å². The number of hydrogen-bond donors (Lipinski definition) is 1. The van der Waals surface area contributed by atoms with Crippen molar-refractivity contribution in [3.05, 3.63) is 88.4 Å². The Hall–Kier alpha value is -3.56. The van der Waals surface area contributed by atoms with Crippen LogP contribution in [0.2, 0.25) is 5.02 Å². The number of sulfonamides is 1. The summed E-state index contributed by atoms with van der Waals surface area (Å²) in [5.41, 5.74) is 2.00. The number of anilines is 1. The molecule has 0 fully saturated rings. The van der Waals surface area contributed by atoms with Crippen LogP contribution in [-0.4, -0.2) is 50.4 Å². The second-order valence-electron chi connectivity index (χ2n) is 11.3. The van der Waals surface area contributed by atoms with Crippen LogP contribution in [-0.2, 0) is 26.2 Å². The number of hydrogen-bond acceptors (Lipinski definition) is 5. The van der Waals surface area contributed by atoms with Crippen molar-refractivity contribution in [3.8, 4) is 5.75 Å². The van der Waals surface area contributed by atoms with Crippen molar-refractivity contribution in [1.82, 2.24) is 10.2 Å². The first-order valence-electron chi connectivity index (χ1n) is 13.8. The van der Waals surface area contributed by atoms with Gasteiger partial charge in [0.15, 0.2) is 0 Å². The zero-order valence-electron chi connectivity index (χ0n) is 25.3. The summed E-state index contributed by atoms with van der Waals surface area (Å²) < 4.78 is 34.6. The van der Waals surface area contributed by atoms with Crippen molar-refractivity contribution in [3.63, 3.8) is 0 Å². The lowest BCUT2D eigenvalue weighted by molar-refractivity contribution is -0.141. The monoisotopic (exact) mass is 613 g/mol. The maximum Gasteiger partial charge on any atom is 0.264 e. The minimum atomic E-state index is -4.20. The molecule has 8 nitrogen and oxygen atoms in total. The lowest BCUT2D eigenvalue weighted by Gasteiger charge is -2.35. The van der Waals surface area contributed by atoms with Gasteiger partial charge < -0.3 is 15.0 Å². The van der Waals surface area contributed by atoms with E-state index in [1.807, 2.05) is 40.7 Å². The predicted molar refractivity (Wildman–Crippen MR) is 167 cm³/mol. The summed E-state index contributed by atoms with van der Waals surface area (Å²) in [6.07, 6.45) is 0.318. The van der Waals surface area contributed by atoms with Crippen molar-refractivity contribution in [2.75, 3.05) is 18.0 Å². The summed E-state index contributed by atoms with van der Waals surface area (Å²) in [7, 11) is -2.65. The molecule has 0 bridgehead atoms. The van der Waals surface area contributed by atoms with E-state index in [1.54, 1.807) is 56.5 Å². The number of rotatable bonds is 11. The molecule has 0 aliphatic heterocycles. The number of nitrogens with one attached hydrogen (secondary N) is 1. The van der Waals surface area contributed by atoms with Gasteiger partial charge in [-0.25, -0.2) is 8.42 Å². The van der Waals surface area contributed by atoms with Crippen LogP contribution >= 0.6 is 11.6 Å². The summed E-state index contributed by atoms with van der Waals surface area (Å²) >= 11 is 6.31. The van der Waals surface area contributed by atoms with E-state index < -0.39 is 34.1 Å². The molecule has 0 heterocycles. The van der Waals surface area contributed by atoms with Crippen molar-refractivity contribution in [2.24, 2.45) is 0 Å². The van der Waals surface area contributed by atoms with E-state index >= 15 is 0 Å². The van der Waals surface area contributed by atoms with Gasteiger partial charge in [0.05, 0.1) is 17.7 Å². The van der Waals surface area contributed by atoms with Gasteiger partial charge in [0.1, 0.15) is 18.3 Å². The Balaban J connectivity index is 2.12. The van der Waals surface area contributed by atoms with Crippen LogP contribution in [0.5, 0.6) is 5.75 Å². The Morgan fingerprint density at radius 1 is 1.00 bits per heavy atom. The fourth-order valence-electron chi connectivity index (χ4n) is 4.54. The number of halogens is 1. The molecule has 0 saturated carbocycles. The highest BCUT2D eigenvalue weighted by Crippen LogP contribution is 2.30. The molecule has 1 unspecified atom stereocenters. The summed E-state index contributed by atoms with van der Waals surface area (Å²) in [5.74, 6) is -0.262. The fourth-order valence-corrected chi connectivity index (χ4v) is 6.18. The van der Waals surface area contributed by atoms with E-state index in [9.17, 15) is 18.0 Å². The standard InChI is InChI=1S/C32H40ClN3O5S/c1-8-28(31(38)34-32(4,5)6)35(20-24-10-9-11-26(18-24)41-7)30(37)21-36(29-19-25(33)15-14-23(29)3)42(39,40)27-16-12-22(2)13-17-27/h9-19,28H,8,20-21H2,1-7H3,(H,34,38). The Labute approximate surface area is 254 Å². The van der Waals surface area contributed by atoms with E-state index in [4.69, 9.17) is 16.3 Å². The highest BCUT2D eigenvalue weighted by molar-refractivity contribution is 7.92. The van der Waals surface area contributed by atoms with Crippen LogP contribution in [0.15, 0.2) is 71.6 Å². The quantitative estimate of drug-likeness (QED) is 0.291. The van der Waals surface area contributed by atoms with Gasteiger partial charge in [0.25, 0.3) is 10.0 Å². The largest absolute Gasteiger partial charge is 0.497 e. The molecule has 0 aliphatic carbocycles. The molecule has 3 rings (SSSR count). The predicted octanol–water partition coefficient (Wildman–Crippen LogP) is 5.88. The Morgan fingerprint density at radius 3 is 2.26 bits per heavy atom. The lowest BCUT2D eigenvalue weighted by Crippen LogP contribution is -2.55. The number of methoxy groups -OCH3 is 1. The van der Waals surface area contributed by atoms with Crippen LogP contribution in [0.25, 0.3) is 0 Å². The molecule has 1 atom stereocenters. The highest BCUT2D eigenvalue weighted by Gasteiger charge is 2.35. The summed E-state index contributed by atoms with van der Waals surface area (Å²) in [5, 5.41) is 3.30. The molecule has 3 aromatic carbocycles. The molecule has 1 N–H and O–H groups in total. The maximum absolute atomic E-state index is 14.3. The van der Waals surface area contributed by atoms with Crippen molar-refractivity contribution in [1.29, 1.82) is 0 Å². The Kier molecular flexibility index (Phi) is 10.7. The van der Waals surface area contributed by atoms with Gasteiger partial charge in [-0.15, -0.1) is 0 Å². The third-order valence-electron chi connectivity index (χ3n) is 6.70. The minimum Gasteiger partial charge on any atom is -0.497 e. The third kappa shape index (κ3) is 8.26. The minimum absolute atomic E-state index is 0.0390. The third-order valence-corrected chi connectivity index (χ3v) is 8.71. The molecule has 10 heteroatoms. The first-order valence-corrected chi connectivity index (χ1v) is 15.6. The lowest BCUT2D eigenvalue weighted by atomic mass is 10.1. The van der Waals surface area contributed by atoms with E-state index in [2.05, 4.69) is 5.32 Å². The number of ether oxygens (including phenoxy) is 1. The number of nitrogens with zero attached hydrogens (tertiary/aromatic N) is 2. The molecule has 0 radical (unpaired) electrons.